The SMILES string of the molecule is COc1ccc(C(CO)Nc2cccc(C)c2)cc1. The van der Waals surface area contributed by atoms with Gasteiger partial charge in [-0.05, 0) is 42.3 Å². The van der Waals surface area contributed by atoms with E-state index < -0.39 is 0 Å². The average Bonchev–Trinajstić information content (AvgIpc) is 2.45. The van der Waals surface area contributed by atoms with Crippen LogP contribution in [0, 0.1) is 6.92 Å². The van der Waals surface area contributed by atoms with Gasteiger partial charge in [0.05, 0.1) is 19.8 Å². The number of nitrogens with one attached hydrogen (secondary N) is 1. The molecule has 0 aromatic heterocycles. The lowest BCUT2D eigenvalue weighted by Crippen LogP contribution is -2.14. The standard InChI is InChI=1S/C16H19NO2/c1-12-4-3-5-14(10-12)17-16(11-18)13-6-8-15(19-2)9-7-13/h3-10,16-18H,11H2,1-2H3. The molecule has 0 saturated heterocycles. The van der Waals surface area contributed by atoms with Gasteiger partial charge in [-0.1, -0.05) is 24.3 Å². The molecule has 3 nitrogen and oxygen atoms in total. The third kappa shape index (κ3) is 3.48. The highest BCUT2D eigenvalue weighted by atomic mass is 16.5. The number of hydrogen-bond donors (Lipinski definition) is 2. The third-order valence-electron chi connectivity index (χ3n) is 3.06. The molecule has 0 fully saturated rings. The topological polar surface area (TPSA) is 41.5 Å². The second kappa shape index (κ2) is 6.25. The Balaban J connectivity index is 2.15. The Bertz CT molecular complexity index is 523. The highest BCUT2D eigenvalue weighted by Crippen LogP contribution is 2.22. The number of hydrogen-bond acceptors (Lipinski definition) is 3. The zero-order valence-corrected chi connectivity index (χ0v) is 11.3. The Morgan fingerprint density at radius 1 is 1.16 bits per heavy atom. The van der Waals surface area contributed by atoms with Crippen molar-refractivity contribution in [1.82, 2.24) is 0 Å². The second-order valence-corrected chi connectivity index (χ2v) is 4.52. The average molecular weight is 257 g/mol. The normalized spacial score (nSPS) is 11.9. The number of rotatable bonds is 5. The number of aliphatic hydroxyl groups excluding tert-OH is 1. The maximum absolute atomic E-state index is 9.54. The lowest BCUT2D eigenvalue weighted by molar-refractivity contribution is 0.276. The van der Waals surface area contributed by atoms with Gasteiger partial charge in [0, 0.05) is 5.69 Å². The molecule has 0 saturated carbocycles. The van der Waals surface area contributed by atoms with Gasteiger partial charge < -0.3 is 15.2 Å². The molecular weight excluding hydrogens is 238 g/mol. The predicted octanol–water partition coefficient (Wildman–Crippen LogP) is 3.15. The van der Waals surface area contributed by atoms with Gasteiger partial charge in [0.15, 0.2) is 0 Å². The Morgan fingerprint density at radius 2 is 1.89 bits per heavy atom. The molecule has 2 N–H and O–H groups in total. The van der Waals surface area contributed by atoms with Gasteiger partial charge in [0.25, 0.3) is 0 Å². The molecule has 0 bridgehead atoms. The molecule has 0 heterocycles. The highest BCUT2D eigenvalue weighted by Gasteiger charge is 2.10. The van der Waals surface area contributed by atoms with Crippen molar-refractivity contribution in [3.8, 4) is 5.75 Å². The van der Waals surface area contributed by atoms with E-state index in [1.807, 2.05) is 49.4 Å². The molecule has 2 aromatic rings. The minimum absolute atomic E-state index is 0.0419. The number of methoxy groups -OCH3 is 1. The van der Waals surface area contributed by atoms with Crippen LogP contribution in [0.1, 0.15) is 17.2 Å². The van der Waals surface area contributed by atoms with Gasteiger partial charge >= 0.3 is 0 Å². The number of ether oxygens (including phenoxy) is 1. The summed E-state index contributed by atoms with van der Waals surface area (Å²) >= 11 is 0. The molecule has 0 aliphatic rings. The van der Waals surface area contributed by atoms with Gasteiger partial charge in [0.2, 0.25) is 0 Å². The van der Waals surface area contributed by atoms with Crippen LogP contribution in [0.2, 0.25) is 0 Å². The Labute approximate surface area is 113 Å². The molecule has 1 atom stereocenters. The summed E-state index contributed by atoms with van der Waals surface area (Å²) in [6.07, 6.45) is 0. The van der Waals surface area contributed by atoms with Crippen LogP contribution in [0.25, 0.3) is 0 Å². The zero-order valence-electron chi connectivity index (χ0n) is 11.3. The van der Waals surface area contributed by atoms with Gasteiger partial charge in [-0.2, -0.15) is 0 Å². The molecule has 0 radical (unpaired) electrons. The first kappa shape index (κ1) is 13.4. The van der Waals surface area contributed by atoms with E-state index in [9.17, 15) is 5.11 Å². The minimum Gasteiger partial charge on any atom is -0.497 e. The van der Waals surface area contributed by atoms with Crippen molar-refractivity contribution < 1.29 is 9.84 Å². The van der Waals surface area contributed by atoms with Gasteiger partial charge in [-0.15, -0.1) is 0 Å². The first-order chi connectivity index (χ1) is 9.22. The van der Waals surface area contributed by atoms with Crippen LogP contribution >= 0.6 is 0 Å². The molecule has 0 aliphatic heterocycles. The molecule has 0 aliphatic carbocycles. The maximum atomic E-state index is 9.54. The van der Waals surface area contributed by atoms with Gasteiger partial charge in [-0.3, -0.25) is 0 Å². The fraction of sp³-hybridized carbons (Fsp3) is 0.250. The van der Waals surface area contributed by atoms with Crippen LogP contribution < -0.4 is 10.1 Å². The van der Waals surface area contributed by atoms with E-state index in [0.29, 0.717) is 0 Å². The van der Waals surface area contributed by atoms with E-state index >= 15 is 0 Å². The van der Waals surface area contributed by atoms with Crippen LogP contribution in [-0.4, -0.2) is 18.8 Å². The van der Waals surface area contributed by atoms with Crippen molar-refractivity contribution in [2.24, 2.45) is 0 Å². The van der Waals surface area contributed by atoms with E-state index in [2.05, 4.69) is 11.4 Å². The number of benzene rings is 2. The lowest BCUT2D eigenvalue weighted by Gasteiger charge is -2.18. The molecule has 0 spiro atoms. The summed E-state index contributed by atoms with van der Waals surface area (Å²) in [5, 5.41) is 12.9. The molecule has 2 aromatic carbocycles. The number of aryl methyl sites for hydroxylation is 1. The van der Waals surface area contributed by atoms with E-state index in [-0.39, 0.29) is 12.6 Å². The first-order valence-electron chi connectivity index (χ1n) is 6.31. The zero-order chi connectivity index (χ0) is 13.7. The molecule has 2 rings (SSSR count). The predicted molar refractivity (Wildman–Crippen MR) is 77.6 cm³/mol. The van der Waals surface area contributed by atoms with Crippen LogP contribution in [0.3, 0.4) is 0 Å². The summed E-state index contributed by atoms with van der Waals surface area (Å²) in [5.74, 6) is 0.816. The van der Waals surface area contributed by atoms with Gasteiger partial charge in [0.1, 0.15) is 5.75 Å². The fourth-order valence-corrected chi connectivity index (χ4v) is 2.01. The van der Waals surface area contributed by atoms with Crippen molar-refractivity contribution >= 4 is 5.69 Å². The molecular formula is C16H19NO2. The largest absolute Gasteiger partial charge is 0.497 e. The van der Waals surface area contributed by atoms with Crippen LogP contribution in [0.15, 0.2) is 48.5 Å². The van der Waals surface area contributed by atoms with Crippen molar-refractivity contribution in [3.63, 3.8) is 0 Å². The summed E-state index contributed by atoms with van der Waals surface area (Å²) in [4.78, 5) is 0. The van der Waals surface area contributed by atoms with E-state index in [4.69, 9.17) is 4.74 Å². The molecule has 1 unspecified atom stereocenters. The molecule has 0 amide bonds. The quantitative estimate of drug-likeness (QED) is 0.864. The highest BCUT2D eigenvalue weighted by molar-refractivity contribution is 5.48. The number of anilines is 1. The summed E-state index contributed by atoms with van der Waals surface area (Å²) in [6.45, 7) is 2.09. The van der Waals surface area contributed by atoms with Gasteiger partial charge in [-0.25, -0.2) is 0 Å². The van der Waals surface area contributed by atoms with Crippen molar-refractivity contribution in [3.05, 3.63) is 59.7 Å². The monoisotopic (exact) mass is 257 g/mol. The van der Waals surface area contributed by atoms with Crippen molar-refractivity contribution in [2.45, 2.75) is 13.0 Å². The maximum Gasteiger partial charge on any atom is 0.118 e. The van der Waals surface area contributed by atoms with E-state index in [0.717, 1.165) is 17.0 Å². The van der Waals surface area contributed by atoms with Crippen LogP contribution in [0.4, 0.5) is 5.69 Å². The smallest absolute Gasteiger partial charge is 0.118 e. The minimum atomic E-state index is -0.118. The Morgan fingerprint density at radius 3 is 2.47 bits per heavy atom. The first-order valence-corrected chi connectivity index (χ1v) is 6.31. The van der Waals surface area contributed by atoms with Crippen molar-refractivity contribution in [1.29, 1.82) is 0 Å². The molecule has 100 valence electrons. The summed E-state index contributed by atoms with van der Waals surface area (Å²) < 4.78 is 5.13. The number of aliphatic hydroxyl groups is 1. The molecule has 19 heavy (non-hydrogen) atoms. The second-order valence-electron chi connectivity index (χ2n) is 4.52. The van der Waals surface area contributed by atoms with E-state index in [1.54, 1.807) is 7.11 Å². The fourth-order valence-electron chi connectivity index (χ4n) is 2.01. The Kier molecular flexibility index (Phi) is 4.42. The Hall–Kier alpha value is -2.00. The third-order valence-corrected chi connectivity index (χ3v) is 3.06. The molecule has 3 heteroatoms. The van der Waals surface area contributed by atoms with Crippen LogP contribution in [0.5, 0.6) is 5.75 Å². The lowest BCUT2D eigenvalue weighted by atomic mass is 10.1. The van der Waals surface area contributed by atoms with Crippen LogP contribution in [-0.2, 0) is 0 Å². The van der Waals surface area contributed by atoms with Crippen molar-refractivity contribution in [2.75, 3.05) is 19.0 Å². The summed E-state index contributed by atoms with van der Waals surface area (Å²) in [7, 11) is 1.64. The summed E-state index contributed by atoms with van der Waals surface area (Å²) in [5.41, 5.74) is 3.23. The summed E-state index contributed by atoms with van der Waals surface area (Å²) in [6, 6.07) is 15.7. The van der Waals surface area contributed by atoms with E-state index in [1.165, 1.54) is 5.56 Å².